The van der Waals surface area contributed by atoms with E-state index in [0.717, 1.165) is 0 Å². The van der Waals surface area contributed by atoms with Crippen molar-refractivity contribution in [3.8, 4) is 0 Å². The van der Waals surface area contributed by atoms with Gasteiger partial charge >= 0.3 is 11.9 Å². The van der Waals surface area contributed by atoms with Crippen LogP contribution in [-0.4, -0.2) is 85.2 Å². The van der Waals surface area contributed by atoms with Crippen LogP contribution in [0.1, 0.15) is 41.5 Å². The second-order valence-corrected chi connectivity index (χ2v) is 7.13. The van der Waals surface area contributed by atoms with Gasteiger partial charge in [-0.2, -0.15) is 0 Å². The first-order valence-electron chi connectivity index (χ1n) is 8.95. The van der Waals surface area contributed by atoms with Crippen LogP contribution in [0.2, 0.25) is 0 Å². The number of aliphatic hydroxyl groups excluding tert-OH is 2. The molecule has 0 saturated heterocycles. The lowest BCUT2D eigenvalue weighted by Gasteiger charge is -2.29. The lowest BCUT2D eigenvalue weighted by Crippen LogP contribution is -2.42. The Balaban J connectivity index is 4.26. The van der Waals surface area contributed by atoms with E-state index in [1.165, 1.54) is 0 Å². The van der Waals surface area contributed by atoms with Crippen molar-refractivity contribution in [2.24, 2.45) is 0 Å². The van der Waals surface area contributed by atoms with Crippen molar-refractivity contribution >= 4 is 11.9 Å². The van der Waals surface area contributed by atoms with Gasteiger partial charge in [-0.3, -0.25) is 0 Å². The molecule has 0 amide bonds. The highest BCUT2D eigenvalue weighted by molar-refractivity contribution is 5.79. The molecule has 2 atom stereocenters. The van der Waals surface area contributed by atoms with Gasteiger partial charge in [0.15, 0.2) is 11.2 Å². The molecule has 2 unspecified atom stereocenters. The van der Waals surface area contributed by atoms with Gasteiger partial charge in [-0.05, 0) is 41.5 Å². The smallest absolute Gasteiger partial charge is 0.337 e. The summed E-state index contributed by atoms with van der Waals surface area (Å²) < 4.78 is 26.6. The molecule has 27 heavy (non-hydrogen) atoms. The Labute approximate surface area is 160 Å². The fraction of sp³-hybridized carbons (Fsp3) is 0.889. The summed E-state index contributed by atoms with van der Waals surface area (Å²) in [5.41, 5.74) is -2.34. The van der Waals surface area contributed by atoms with Gasteiger partial charge in [0, 0.05) is 0 Å². The Kier molecular flexibility index (Phi) is 11.7. The van der Waals surface area contributed by atoms with Crippen LogP contribution >= 0.6 is 0 Å². The minimum Gasteiger partial charge on any atom is -0.461 e. The van der Waals surface area contributed by atoms with E-state index in [2.05, 4.69) is 0 Å². The number of hydrogen-bond donors (Lipinski definition) is 2. The molecule has 9 nitrogen and oxygen atoms in total. The maximum absolute atomic E-state index is 11.9. The molecule has 2 N–H and O–H groups in total. The molecule has 0 aromatic heterocycles. The summed E-state index contributed by atoms with van der Waals surface area (Å²) in [7, 11) is 0. The van der Waals surface area contributed by atoms with Gasteiger partial charge < -0.3 is 33.9 Å². The normalized spacial score (nSPS) is 14.5. The van der Waals surface area contributed by atoms with E-state index >= 15 is 0 Å². The van der Waals surface area contributed by atoms with E-state index in [1.807, 2.05) is 0 Å². The number of hydrogen-bond acceptors (Lipinski definition) is 9. The van der Waals surface area contributed by atoms with Crippen molar-refractivity contribution in [3.05, 3.63) is 0 Å². The van der Waals surface area contributed by atoms with Crippen LogP contribution in [-0.2, 0) is 33.3 Å². The first kappa shape index (κ1) is 25.7. The highest BCUT2D eigenvalue weighted by Crippen LogP contribution is 2.17. The Bertz CT molecular complexity index is 408. The molecule has 0 radical (unpaired) electrons. The third-order valence-corrected chi connectivity index (χ3v) is 3.33. The average Bonchev–Trinajstić information content (AvgIpc) is 2.56. The number of rotatable bonds is 14. The molecule has 0 aliphatic heterocycles. The molecule has 0 bridgehead atoms. The van der Waals surface area contributed by atoms with Crippen LogP contribution in [0, 0.1) is 0 Å². The van der Waals surface area contributed by atoms with Gasteiger partial charge in [0.1, 0.15) is 13.2 Å². The molecule has 0 aliphatic carbocycles. The van der Waals surface area contributed by atoms with Crippen molar-refractivity contribution in [2.45, 2.75) is 65.0 Å². The minimum absolute atomic E-state index is 0.0815. The summed E-state index contributed by atoms with van der Waals surface area (Å²) in [4.78, 5) is 23.7. The molecular formula is C18H34O9. The maximum Gasteiger partial charge on any atom is 0.337 e. The lowest BCUT2D eigenvalue weighted by atomic mass is 10.1. The van der Waals surface area contributed by atoms with Gasteiger partial charge in [0.2, 0.25) is 0 Å². The van der Waals surface area contributed by atoms with E-state index in [0.29, 0.717) is 0 Å². The van der Waals surface area contributed by atoms with Crippen molar-refractivity contribution < 1.29 is 43.5 Å². The van der Waals surface area contributed by atoms with Gasteiger partial charge in [-0.15, -0.1) is 0 Å². The first-order chi connectivity index (χ1) is 12.5. The largest absolute Gasteiger partial charge is 0.461 e. The van der Waals surface area contributed by atoms with E-state index in [9.17, 15) is 9.59 Å². The molecule has 160 valence electrons. The van der Waals surface area contributed by atoms with Crippen LogP contribution in [0.25, 0.3) is 0 Å². The second kappa shape index (κ2) is 12.2. The zero-order valence-electron chi connectivity index (χ0n) is 17.1. The number of carbonyl (C=O) groups is 2. The van der Waals surface area contributed by atoms with E-state index in [-0.39, 0.29) is 39.6 Å². The van der Waals surface area contributed by atoms with E-state index in [1.54, 1.807) is 41.5 Å². The SMILES string of the molecule is CC(COCC(C)OC(C)(C)C(=O)OCCO)OC(C)(C)C(=O)OCCO. The second-order valence-electron chi connectivity index (χ2n) is 7.13. The Morgan fingerprint density at radius 3 is 1.41 bits per heavy atom. The van der Waals surface area contributed by atoms with Gasteiger partial charge in [-0.1, -0.05) is 0 Å². The fourth-order valence-corrected chi connectivity index (χ4v) is 2.19. The predicted octanol–water partition coefficient (Wildman–Crippen LogP) is 0.441. The van der Waals surface area contributed by atoms with Gasteiger partial charge in [-0.25, -0.2) is 9.59 Å². The maximum atomic E-state index is 11.9. The third kappa shape index (κ3) is 10.6. The Morgan fingerprint density at radius 1 is 0.778 bits per heavy atom. The van der Waals surface area contributed by atoms with E-state index < -0.39 is 35.3 Å². The first-order valence-corrected chi connectivity index (χ1v) is 8.95. The van der Waals surface area contributed by atoms with Crippen molar-refractivity contribution in [3.63, 3.8) is 0 Å². The molecule has 0 spiro atoms. The fourth-order valence-electron chi connectivity index (χ4n) is 2.19. The van der Waals surface area contributed by atoms with Gasteiger partial charge in [0.25, 0.3) is 0 Å². The zero-order chi connectivity index (χ0) is 21.1. The lowest BCUT2D eigenvalue weighted by molar-refractivity contribution is -0.183. The van der Waals surface area contributed by atoms with Crippen LogP contribution in [0.3, 0.4) is 0 Å². The molecule has 0 fully saturated rings. The van der Waals surface area contributed by atoms with Gasteiger partial charge in [0.05, 0.1) is 38.6 Å². The monoisotopic (exact) mass is 394 g/mol. The summed E-state index contributed by atoms with van der Waals surface area (Å²) in [6, 6.07) is 0. The number of esters is 2. The molecule has 0 aromatic rings. The van der Waals surface area contributed by atoms with E-state index in [4.69, 9.17) is 33.9 Å². The quantitative estimate of drug-likeness (QED) is 0.404. The molecule has 9 heteroatoms. The van der Waals surface area contributed by atoms with Crippen LogP contribution in [0.5, 0.6) is 0 Å². The molecule has 0 aliphatic rings. The summed E-state index contributed by atoms with van der Waals surface area (Å²) in [5.74, 6) is -1.13. The molecule has 0 saturated carbocycles. The van der Waals surface area contributed by atoms with Crippen molar-refractivity contribution in [2.75, 3.05) is 39.6 Å². The predicted molar refractivity (Wildman–Crippen MR) is 96.2 cm³/mol. The van der Waals surface area contributed by atoms with Crippen LogP contribution in [0.15, 0.2) is 0 Å². The summed E-state index contributed by atoms with van der Waals surface area (Å²) in [6.45, 7) is 9.58. The molecule has 0 aromatic carbocycles. The minimum atomic E-state index is -1.17. The highest BCUT2D eigenvalue weighted by Gasteiger charge is 2.33. The number of aliphatic hydroxyl groups is 2. The average molecular weight is 394 g/mol. The standard InChI is InChI=1S/C18H34O9/c1-13(26-17(3,4)15(21)24-9-7-19)11-23-12-14(2)27-18(5,6)16(22)25-10-8-20/h13-14,19-20H,7-12H2,1-6H3. The highest BCUT2D eigenvalue weighted by atomic mass is 16.6. The zero-order valence-corrected chi connectivity index (χ0v) is 17.1. The van der Waals surface area contributed by atoms with Crippen LogP contribution < -0.4 is 0 Å². The Hall–Kier alpha value is -1.26. The summed E-state index contributed by atoms with van der Waals surface area (Å²) in [5, 5.41) is 17.4. The van der Waals surface area contributed by atoms with Crippen molar-refractivity contribution in [1.82, 2.24) is 0 Å². The summed E-state index contributed by atoms with van der Waals surface area (Å²) in [6.07, 6.45) is -0.784. The topological polar surface area (TPSA) is 121 Å². The molecule has 0 rings (SSSR count). The summed E-state index contributed by atoms with van der Waals surface area (Å²) >= 11 is 0. The van der Waals surface area contributed by atoms with Crippen LogP contribution in [0.4, 0.5) is 0 Å². The van der Waals surface area contributed by atoms with Crippen molar-refractivity contribution in [1.29, 1.82) is 0 Å². The Morgan fingerprint density at radius 2 is 1.11 bits per heavy atom. The number of carbonyl (C=O) groups excluding carboxylic acids is 2. The molecule has 0 heterocycles. The third-order valence-electron chi connectivity index (χ3n) is 3.33. The number of ether oxygens (including phenoxy) is 5. The molecular weight excluding hydrogens is 360 g/mol.